The van der Waals surface area contributed by atoms with Gasteiger partial charge in [-0.05, 0) is 25.3 Å². The Hall–Kier alpha value is -1.93. The summed E-state index contributed by atoms with van der Waals surface area (Å²) in [7, 11) is 1.63. The molecule has 8 heteroatoms. The first-order valence-corrected chi connectivity index (χ1v) is 8.75. The summed E-state index contributed by atoms with van der Waals surface area (Å²) in [5, 5.41) is 4.18. The number of hydrogen-bond donors (Lipinski definition) is 0. The normalized spacial score (nSPS) is 24.2. The van der Waals surface area contributed by atoms with E-state index in [1.165, 1.54) is 0 Å². The molecule has 2 atom stereocenters. The number of ether oxygens (including phenoxy) is 2. The maximum Gasteiger partial charge on any atom is 0.249 e. The van der Waals surface area contributed by atoms with Gasteiger partial charge in [0.1, 0.15) is 13.2 Å². The van der Waals surface area contributed by atoms with Gasteiger partial charge in [0.2, 0.25) is 11.8 Å². The molecule has 2 aliphatic heterocycles. The Labute approximate surface area is 147 Å². The fourth-order valence-electron chi connectivity index (χ4n) is 3.58. The maximum absolute atomic E-state index is 12.6. The van der Waals surface area contributed by atoms with Crippen molar-refractivity contribution in [3.63, 3.8) is 0 Å². The van der Waals surface area contributed by atoms with Crippen molar-refractivity contribution in [2.45, 2.75) is 38.5 Å². The molecule has 3 rings (SSSR count). The fraction of sp³-hybridized carbons (Fsp3) is 0.706. The molecule has 0 N–H and O–H groups in total. The average molecular weight is 350 g/mol. The first kappa shape index (κ1) is 17.9. The van der Waals surface area contributed by atoms with Crippen molar-refractivity contribution in [3.8, 4) is 0 Å². The molecule has 3 heterocycles. The van der Waals surface area contributed by atoms with Crippen LogP contribution in [0.15, 0.2) is 12.4 Å². The van der Waals surface area contributed by atoms with Crippen molar-refractivity contribution in [2.24, 2.45) is 0 Å². The van der Waals surface area contributed by atoms with Gasteiger partial charge in [-0.1, -0.05) is 0 Å². The molecule has 2 aliphatic rings. The van der Waals surface area contributed by atoms with Crippen molar-refractivity contribution in [2.75, 3.05) is 40.0 Å². The van der Waals surface area contributed by atoms with E-state index in [1.54, 1.807) is 18.0 Å². The zero-order valence-corrected chi connectivity index (χ0v) is 14.9. The number of carbonyl (C=O) groups excluding carboxylic acids is 2. The van der Waals surface area contributed by atoms with Gasteiger partial charge in [-0.25, -0.2) is 0 Å². The number of nitrogens with zero attached hydrogens (tertiary/aromatic N) is 4. The van der Waals surface area contributed by atoms with Gasteiger partial charge in [0, 0.05) is 32.9 Å². The lowest BCUT2D eigenvalue weighted by atomic mass is 10.0. The highest BCUT2D eigenvalue weighted by atomic mass is 16.5. The summed E-state index contributed by atoms with van der Waals surface area (Å²) in [5.41, 5.74) is 1.04. The van der Waals surface area contributed by atoms with E-state index < -0.39 is 0 Å². The van der Waals surface area contributed by atoms with Gasteiger partial charge >= 0.3 is 0 Å². The van der Waals surface area contributed by atoms with E-state index in [2.05, 4.69) is 5.10 Å². The second-order valence-electron chi connectivity index (χ2n) is 6.67. The molecular weight excluding hydrogens is 324 g/mol. The molecule has 1 aromatic heterocycles. The molecule has 0 aliphatic carbocycles. The molecule has 0 radical (unpaired) electrons. The number of fused-ring (bicyclic) bond motifs is 1. The third-order valence-electron chi connectivity index (χ3n) is 4.90. The molecule has 0 bridgehead atoms. The van der Waals surface area contributed by atoms with Crippen LogP contribution in [0, 0.1) is 6.92 Å². The number of rotatable bonds is 5. The van der Waals surface area contributed by atoms with Crippen molar-refractivity contribution in [1.29, 1.82) is 0 Å². The first-order chi connectivity index (χ1) is 12.1. The minimum absolute atomic E-state index is 0.00472. The highest BCUT2D eigenvalue weighted by Crippen LogP contribution is 2.24. The van der Waals surface area contributed by atoms with Crippen molar-refractivity contribution in [1.82, 2.24) is 19.6 Å². The van der Waals surface area contributed by atoms with E-state index in [4.69, 9.17) is 9.47 Å². The van der Waals surface area contributed by atoms with Crippen LogP contribution in [-0.4, -0.2) is 83.5 Å². The highest BCUT2D eigenvalue weighted by molar-refractivity contribution is 5.79. The number of carbonyl (C=O) groups is 2. The molecule has 8 nitrogen and oxygen atoms in total. The first-order valence-electron chi connectivity index (χ1n) is 8.75. The largest absolute Gasteiger partial charge is 0.383 e. The number of morpholine rings is 1. The summed E-state index contributed by atoms with van der Waals surface area (Å²) in [4.78, 5) is 28.5. The monoisotopic (exact) mass is 350 g/mol. The average Bonchev–Trinajstić information content (AvgIpc) is 2.87. The maximum atomic E-state index is 12.6. The van der Waals surface area contributed by atoms with E-state index >= 15 is 0 Å². The minimum Gasteiger partial charge on any atom is -0.383 e. The molecule has 138 valence electrons. The predicted molar refractivity (Wildman–Crippen MR) is 89.9 cm³/mol. The number of methoxy groups -OCH3 is 1. The van der Waals surface area contributed by atoms with Crippen molar-refractivity contribution in [3.05, 3.63) is 18.0 Å². The summed E-state index contributed by atoms with van der Waals surface area (Å²) in [6, 6.07) is 0.0150. The highest BCUT2D eigenvalue weighted by Gasteiger charge is 2.38. The predicted octanol–water partition coefficient (Wildman–Crippen LogP) is 0.0563. The summed E-state index contributed by atoms with van der Waals surface area (Å²) in [6.07, 6.45) is 5.07. The summed E-state index contributed by atoms with van der Waals surface area (Å²) >= 11 is 0. The van der Waals surface area contributed by atoms with E-state index in [0.29, 0.717) is 26.2 Å². The fourth-order valence-corrected chi connectivity index (χ4v) is 3.58. The Morgan fingerprint density at radius 1 is 1.40 bits per heavy atom. The second-order valence-corrected chi connectivity index (χ2v) is 6.67. The number of hydrogen-bond acceptors (Lipinski definition) is 5. The molecular formula is C17H26N4O4. The quantitative estimate of drug-likeness (QED) is 0.750. The van der Waals surface area contributed by atoms with Crippen LogP contribution in [0.1, 0.15) is 18.4 Å². The van der Waals surface area contributed by atoms with Gasteiger partial charge in [0.05, 0.1) is 24.9 Å². The molecule has 2 fully saturated rings. The van der Waals surface area contributed by atoms with Crippen molar-refractivity contribution >= 4 is 11.8 Å². The lowest BCUT2D eigenvalue weighted by Gasteiger charge is -2.40. The van der Waals surface area contributed by atoms with E-state index in [9.17, 15) is 9.59 Å². The molecule has 2 amide bonds. The smallest absolute Gasteiger partial charge is 0.249 e. The Morgan fingerprint density at radius 2 is 2.20 bits per heavy atom. The molecule has 2 saturated heterocycles. The zero-order valence-electron chi connectivity index (χ0n) is 14.9. The number of likely N-dealkylation sites (tertiary alicyclic amines) is 1. The van der Waals surface area contributed by atoms with Gasteiger partial charge in [0.15, 0.2) is 0 Å². The van der Waals surface area contributed by atoms with Gasteiger partial charge in [-0.2, -0.15) is 5.10 Å². The summed E-state index contributed by atoms with van der Waals surface area (Å²) in [6.45, 7) is 4.67. The molecule has 0 unspecified atom stereocenters. The Bertz CT molecular complexity index is 618. The van der Waals surface area contributed by atoms with Gasteiger partial charge < -0.3 is 19.3 Å². The molecule has 0 saturated carbocycles. The number of aryl methyl sites for hydroxylation is 1. The van der Waals surface area contributed by atoms with Crippen LogP contribution in [-0.2, 0) is 25.6 Å². The standard InChI is InChI=1S/C17H26N4O4/c1-13-9-18-20(10-13)11-16(22)19-5-3-14-15(4-6-19)25-12-17(23)21(14)7-8-24-2/h9-10,14-15H,3-8,11-12H2,1-2H3/t14-,15-/m0/s1. The van der Waals surface area contributed by atoms with E-state index in [1.807, 2.05) is 22.9 Å². The van der Waals surface area contributed by atoms with Crippen LogP contribution < -0.4 is 0 Å². The van der Waals surface area contributed by atoms with Crippen LogP contribution in [0.3, 0.4) is 0 Å². The van der Waals surface area contributed by atoms with Crippen LogP contribution in [0.5, 0.6) is 0 Å². The SMILES string of the molecule is COCCN1C(=O)CO[C@H]2CCN(C(=O)Cn3cc(C)cn3)CC[C@@H]21. The van der Waals surface area contributed by atoms with E-state index in [-0.39, 0.29) is 37.1 Å². The molecule has 0 spiro atoms. The summed E-state index contributed by atoms with van der Waals surface area (Å²) < 4.78 is 12.5. The lowest BCUT2D eigenvalue weighted by Crippen LogP contribution is -2.55. The number of amides is 2. The third-order valence-corrected chi connectivity index (χ3v) is 4.90. The molecule has 0 aromatic carbocycles. The van der Waals surface area contributed by atoms with Gasteiger partial charge in [-0.15, -0.1) is 0 Å². The zero-order chi connectivity index (χ0) is 17.8. The summed E-state index contributed by atoms with van der Waals surface area (Å²) in [5.74, 6) is 0.0570. The lowest BCUT2D eigenvalue weighted by molar-refractivity contribution is -0.158. The van der Waals surface area contributed by atoms with Gasteiger partial charge in [0.25, 0.3) is 0 Å². The van der Waals surface area contributed by atoms with Crippen LogP contribution in [0.25, 0.3) is 0 Å². The van der Waals surface area contributed by atoms with E-state index in [0.717, 1.165) is 18.4 Å². The van der Waals surface area contributed by atoms with Crippen LogP contribution in [0.2, 0.25) is 0 Å². The second kappa shape index (κ2) is 7.97. The Kier molecular flexibility index (Phi) is 5.70. The topological polar surface area (TPSA) is 76.9 Å². The third kappa shape index (κ3) is 4.19. The molecule has 1 aromatic rings. The van der Waals surface area contributed by atoms with Gasteiger partial charge in [-0.3, -0.25) is 14.3 Å². The number of aromatic nitrogens is 2. The minimum atomic E-state index is -0.0145. The Balaban J connectivity index is 1.62. The van der Waals surface area contributed by atoms with Crippen LogP contribution in [0.4, 0.5) is 0 Å². The van der Waals surface area contributed by atoms with Crippen molar-refractivity contribution < 1.29 is 19.1 Å². The van der Waals surface area contributed by atoms with Crippen LogP contribution >= 0.6 is 0 Å². The Morgan fingerprint density at radius 3 is 2.92 bits per heavy atom. The molecule has 25 heavy (non-hydrogen) atoms.